The number of rotatable bonds is 4. The monoisotopic (exact) mass is 346 g/mol. The maximum atomic E-state index is 12.6. The molecule has 0 aliphatic heterocycles. The molecule has 1 aromatic heterocycles. The maximum absolute atomic E-state index is 12.6. The summed E-state index contributed by atoms with van der Waals surface area (Å²) in [5, 5.41) is 2.81. The summed E-state index contributed by atoms with van der Waals surface area (Å²) < 4.78 is 0. The third-order valence-corrected chi connectivity index (χ3v) is 3.98. The lowest BCUT2D eigenvalue weighted by Gasteiger charge is -2.10. The van der Waals surface area contributed by atoms with E-state index in [4.69, 9.17) is 11.5 Å². The molecule has 0 aliphatic rings. The fraction of sp³-hybridized carbons (Fsp3) is 0.0500. The highest BCUT2D eigenvalue weighted by atomic mass is 16.2. The van der Waals surface area contributed by atoms with Gasteiger partial charge in [0.25, 0.3) is 5.91 Å². The number of carbonyl (C=O) groups is 2. The van der Waals surface area contributed by atoms with Crippen LogP contribution in [-0.4, -0.2) is 16.8 Å². The van der Waals surface area contributed by atoms with Crippen LogP contribution in [0.5, 0.6) is 0 Å². The molecular weight excluding hydrogens is 328 g/mol. The summed E-state index contributed by atoms with van der Waals surface area (Å²) in [6.45, 7) is 1.97. The van der Waals surface area contributed by atoms with E-state index >= 15 is 0 Å². The highest BCUT2D eigenvalue weighted by Crippen LogP contribution is 2.23. The Bertz CT molecular complexity index is 964. The van der Waals surface area contributed by atoms with Crippen molar-refractivity contribution in [2.24, 2.45) is 5.73 Å². The van der Waals surface area contributed by atoms with Crippen LogP contribution in [0.2, 0.25) is 0 Å². The third-order valence-electron chi connectivity index (χ3n) is 3.98. The van der Waals surface area contributed by atoms with Gasteiger partial charge in [-0.15, -0.1) is 0 Å². The molecule has 0 saturated heterocycles. The topological polar surface area (TPSA) is 111 Å². The van der Waals surface area contributed by atoms with Crippen molar-refractivity contribution in [3.63, 3.8) is 0 Å². The number of anilines is 2. The predicted molar refractivity (Wildman–Crippen MR) is 102 cm³/mol. The number of aromatic nitrogens is 1. The summed E-state index contributed by atoms with van der Waals surface area (Å²) in [6, 6.07) is 15.9. The molecule has 0 aliphatic carbocycles. The molecule has 5 N–H and O–H groups in total. The number of hydrogen-bond donors (Lipinski definition) is 3. The van der Waals surface area contributed by atoms with Crippen molar-refractivity contribution in [1.29, 1.82) is 0 Å². The summed E-state index contributed by atoms with van der Waals surface area (Å²) in [5.74, 6) is -0.688. The average molecular weight is 346 g/mol. The van der Waals surface area contributed by atoms with E-state index < -0.39 is 5.91 Å². The van der Waals surface area contributed by atoms with Crippen LogP contribution in [0.15, 0.2) is 60.8 Å². The Morgan fingerprint density at radius 2 is 1.62 bits per heavy atom. The fourth-order valence-corrected chi connectivity index (χ4v) is 2.48. The van der Waals surface area contributed by atoms with Crippen LogP contribution in [-0.2, 0) is 0 Å². The van der Waals surface area contributed by atoms with Gasteiger partial charge < -0.3 is 16.8 Å². The molecule has 0 fully saturated rings. The molecule has 0 saturated carbocycles. The average Bonchev–Trinajstić information content (AvgIpc) is 2.64. The van der Waals surface area contributed by atoms with E-state index in [0.717, 1.165) is 11.1 Å². The number of pyridine rings is 1. The normalized spacial score (nSPS) is 10.3. The van der Waals surface area contributed by atoms with Gasteiger partial charge in [0.15, 0.2) is 0 Å². The minimum absolute atomic E-state index is 0.145. The lowest BCUT2D eigenvalue weighted by molar-refractivity contribution is 0.0997. The molecule has 3 rings (SSSR count). The summed E-state index contributed by atoms with van der Waals surface area (Å²) >= 11 is 0. The first-order valence-electron chi connectivity index (χ1n) is 7.98. The van der Waals surface area contributed by atoms with Crippen molar-refractivity contribution in [3.8, 4) is 11.1 Å². The second-order valence-electron chi connectivity index (χ2n) is 5.92. The van der Waals surface area contributed by atoms with E-state index in [1.807, 2.05) is 31.2 Å². The molecule has 0 spiro atoms. The molecule has 1 heterocycles. The van der Waals surface area contributed by atoms with Crippen LogP contribution in [0.1, 0.15) is 26.3 Å². The fourth-order valence-electron chi connectivity index (χ4n) is 2.48. The molecule has 3 aromatic rings. The SMILES string of the molecule is Cc1ccc(NC(=O)c2cc(-c3ccc(C(N)=O)cc3)cnc2N)cc1. The Labute approximate surface area is 150 Å². The third kappa shape index (κ3) is 3.70. The number of amides is 2. The molecule has 26 heavy (non-hydrogen) atoms. The Morgan fingerprint density at radius 3 is 2.23 bits per heavy atom. The van der Waals surface area contributed by atoms with Crippen molar-refractivity contribution >= 4 is 23.3 Å². The molecule has 2 aromatic carbocycles. The molecular formula is C20H18N4O2. The Kier molecular flexibility index (Phi) is 4.66. The number of carbonyl (C=O) groups excluding carboxylic acids is 2. The minimum Gasteiger partial charge on any atom is -0.383 e. The van der Waals surface area contributed by atoms with Gasteiger partial charge in [-0.1, -0.05) is 29.8 Å². The maximum Gasteiger partial charge on any atom is 0.259 e. The van der Waals surface area contributed by atoms with Crippen molar-refractivity contribution in [2.75, 3.05) is 11.1 Å². The summed E-state index contributed by atoms with van der Waals surface area (Å²) in [6.07, 6.45) is 1.58. The number of nitrogens with zero attached hydrogens (tertiary/aromatic N) is 1. The van der Waals surface area contributed by atoms with Gasteiger partial charge in [-0.05, 0) is 42.8 Å². The number of nitrogens with one attached hydrogen (secondary N) is 1. The zero-order valence-electron chi connectivity index (χ0n) is 14.2. The molecule has 2 amide bonds. The number of benzene rings is 2. The molecule has 0 bridgehead atoms. The zero-order chi connectivity index (χ0) is 18.7. The van der Waals surface area contributed by atoms with Crippen LogP contribution in [0.3, 0.4) is 0 Å². The first kappa shape index (κ1) is 17.2. The Morgan fingerprint density at radius 1 is 0.962 bits per heavy atom. The summed E-state index contributed by atoms with van der Waals surface area (Å²) in [5.41, 5.74) is 15.1. The van der Waals surface area contributed by atoms with Gasteiger partial charge in [0.2, 0.25) is 5.91 Å². The first-order valence-corrected chi connectivity index (χ1v) is 7.98. The van der Waals surface area contributed by atoms with E-state index in [2.05, 4.69) is 10.3 Å². The predicted octanol–water partition coefficient (Wildman–Crippen LogP) is 2.99. The molecule has 6 nitrogen and oxygen atoms in total. The van der Waals surface area contributed by atoms with Gasteiger partial charge in [-0.3, -0.25) is 9.59 Å². The first-order chi connectivity index (χ1) is 12.4. The quantitative estimate of drug-likeness (QED) is 0.674. The number of hydrogen-bond acceptors (Lipinski definition) is 4. The lowest BCUT2D eigenvalue weighted by Crippen LogP contribution is -2.15. The van der Waals surface area contributed by atoms with E-state index in [1.54, 1.807) is 36.5 Å². The van der Waals surface area contributed by atoms with Crippen LogP contribution >= 0.6 is 0 Å². The van der Waals surface area contributed by atoms with Gasteiger partial charge in [0.05, 0.1) is 5.56 Å². The van der Waals surface area contributed by atoms with Crippen LogP contribution in [0.4, 0.5) is 11.5 Å². The second-order valence-corrected chi connectivity index (χ2v) is 5.92. The molecule has 6 heteroatoms. The molecule has 130 valence electrons. The van der Waals surface area contributed by atoms with Gasteiger partial charge in [0, 0.05) is 23.0 Å². The number of nitrogen functional groups attached to an aromatic ring is 1. The Hall–Kier alpha value is -3.67. The highest BCUT2D eigenvalue weighted by Gasteiger charge is 2.13. The second kappa shape index (κ2) is 7.06. The largest absolute Gasteiger partial charge is 0.383 e. The van der Waals surface area contributed by atoms with E-state index in [0.29, 0.717) is 16.8 Å². The van der Waals surface area contributed by atoms with E-state index in [-0.39, 0.29) is 17.3 Å². The molecule has 0 radical (unpaired) electrons. The van der Waals surface area contributed by atoms with Gasteiger partial charge in [-0.25, -0.2) is 4.98 Å². The van der Waals surface area contributed by atoms with Crippen molar-refractivity contribution in [3.05, 3.63) is 77.5 Å². The van der Waals surface area contributed by atoms with E-state index in [9.17, 15) is 9.59 Å². The smallest absolute Gasteiger partial charge is 0.259 e. The number of nitrogens with two attached hydrogens (primary N) is 2. The van der Waals surface area contributed by atoms with Crippen LogP contribution < -0.4 is 16.8 Å². The number of primary amides is 1. The lowest BCUT2D eigenvalue weighted by atomic mass is 10.0. The van der Waals surface area contributed by atoms with E-state index in [1.165, 1.54) is 0 Å². The highest BCUT2D eigenvalue weighted by molar-refractivity contribution is 6.07. The molecule has 0 unspecified atom stereocenters. The van der Waals surface area contributed by atoms with Gasteiger partial charge in [0.1, 0.15) is 5.82 Å². The zero-order valence-corrected chi connectivity index (χ0v) is 14.2. The van der Waals surface area contributed by atoms with Crippen LogP contribution in [0, 0.1) is 6.92 Å². The standard InChI is InChI=1S/C20H18N4O2/c1-12-2-8-16(9-3-12)24-20(26)17-10-15(11-23-18(17)21)13-4-6-14(7-5-13)19(22)25/h2-11H,1H3,(H2,21,23)(H2,22,25)(H,24,26). The molecule has 0 atom stereocenters. The van der Waals surface area contributed by atoms with Crippen molar-refractivity contribution < 1.29 is 9.59 Å². The van der Waals surface area contributed by atoms with Gasteiger partial charge >= 0.3 is 0 Å². The van der Waals surface area contributed by atoms with Crippen LogP contribution in [0.25, 0.3) is 11.1 Å². The van der Waals surface area contributed by atoms with Gasteiger partial charge in [-0.2, -0.15) is 0 Å². The summed E-state index contributed by atoms with van der Waals surface area (Å²) in [7, 11) is 0. The van der Waals surface area contributed by atoms with Crippen molar-refractivity contribution in [2.45, 2.75) is 6.92 Å². The minimum atomic E-state index is -0.495. The summed E-state index contributed by atoms with van der Waals surface area (Å²) in [4.78, 5) is 27.8. The van der Waals surface area contributed by atoms with Crippen molar-refractivity contribution in [1.82, 2.24) is 4.98 Å². The number of aryl methyl sites for hydroxylation is 1. The Balaban J connectivity index is 1.88.